The van der Waals surface area contributed by atoms with E-state index in [2.05, 4.69) is 10.3 Å². The van der Waals surface area contributed by atoms with Crippen LogP contribution in [-0.2, 0) is 0 Å². The average Bonchev–Trinajstić information content (AvgIpc) is 3.15. The monoisotopic (exact) mass is 321 g/mol. The molecule has 5 nitrogen and oxygen atoms in total. The number of thiocarbonyl (C=S) groups is 1. The highest BCUT2D eigenvalue weighted by Gasteiger charge is 2.40. The van der Waals surface area contributed by atoms with Crippen LogP contribution in [0.1, 0.15) is 25.7 Å². The van der Waals surface area contributed by atoms with E-state index in [0.717, 1.165) is 17.5 Å². The Bertz CT molecular complexity index is 523. The van der Waals surface area contributed by atoms with E-state index < -0.39 is 0 Å². The Labute approximate surface area is 136 Å². The van der Waals surface area contributed by atoms with E-state index in [-0.39, 0.29) is 6.61 Å². The molecular weight excluding hydrogens is 298 g/mol. The van der Waals surface area contributed by atoms with Gasteiger partial charge in [0.1, 0.15) is 0 Å². The summed E-state index contributed by atoms with van der Waals surface area (Å²) >= 11 is 5.58. The molecule has 2 N–H and O–H groups in total. The Morgan fingerprint density at radius 2 is 2.32 bits per heavy atom. The van der Waals surface area contributed by atoms with Gasteiger partial charge in [0.2, 0.25) is 5.88 Å². The van der Waals surface area contributed by atoms with Crippen LogP contribution in [0.4, 0.5) is 5.69 Å². The summed E-state index contributed by atoms with van der Waals surface area (Å²) in [4.78, 5) is 6.13. The fourth-order valence-corrected chi connectivity index (χ4v) is 4.11. The number of anilines is 1. The van der Waals surface area contributed by atoms with Crippen molar-refractivity contribution in [2.75, 3.05) is 25.2 Å². The number of fused-ring (bicyclic) bond motifs is 2. The van der Waals surface area contributed by atoms with Gasteiger partial charge in [-0.25, -0.2) is 4.98 Å². The van der Waals surface area contributed by atoms with Crippen molar-refractivity contribution in [3.8, 4) is 5.88 Å². The van der Waals surface area contributed by atoms with Crippen LogP contribution in [0, 0.1) is 11.8 Å². The quantitative estimate of drug-likeness (QED) is 0.809. The van der Waals surface area contributed by atoms with Gasteiger partial charge in [-0.3, -0.25) is 0 Å². The van der Waals surface area contributed by atoms with Crippen molar-refractivity contribution in [2.45, 2.75) is 31.7 Å². The summed E-state index contributed by atoms with van der Waals surface area (Å²) in [6, 6.07) is 4.20. The summed E-state index contributed by atoms with van der Waals surface area (Å²) in [5.74, 6) is 2.20. The Kier molecular flexibility index (Phi) is 4.78. The van der Waals surface area contributed by atoms with Crippen LogP contribution in [0.25, 0.3) is 0 Å². The van der Waals surface area contributed by atoms with Gasteiger partial charge in [0.25, 0.3) is 0 Å². The van der Waals surface area contributed by atoms with E-state index in [1.165, 1.54) is 25.7 Å². The minimum atomic E-state index is 0.0462. The predicted molar refractivity (Wildman–Crippen MR) is 90.2 cm³/mol. The molecule has 0 radical (unpaired) electrons. The minimum absolute atomic E-state index is 0.0462. The average molecular weight is 321 g/mol. The third-order valence-corrected chi connectivity index (χ3v) is 5.20. The fraction of sp³-hybridized carbons (Fsp3) is 0.625. The van der Waals surface area contributed by atoms with Crippen LogP contribution in [0.5, 0.6) is 5.88 Å². The van der Waals surface area contributed by atoms with Crippen LogP contribution in [0.3, 0.4) is 0 Å². The molecule has 22 heavy (non-hydrogen) atoms. The van der Waals surface area contributed by atoms with Crippen LogP contribution in [-0.4, -0.2) is 41.5 Å². The normalized spacial score (nSPS) is 26.0. The lowest BCUT2D eigenvalue weighted by Gasteiger charge is -2.30. The van der Waals surface area contributed by atoms with Crippen LogP contribution >= 0.6 is 12.2 Å². The highest BCUT2D eigenvalue weighted by atomic mass is 32.1. The molecule has 2 bridgehead atoms. The van der Waals surface area contributed by atoms with Gasteiger partial charge in [0.15, 0.2) is 5.11 Å². The molecule has 1 aromatic heterocycles. The van der Waals surface area contributed by atoms with Gasteiger partial charge in [0.05, 0.1) is 25.6 Å². The molecule has 3 atom stereocenters. The highest BCUT2D eigenvalue weighted by Crippen LogP contribution is 2.44. The molecule has 1 aromatic rings. The summed E-state index contributed by atoms with van der Waals surface area (Å²) in [7, 11) is 1.59. The molecule has 0 aliphatic heterocycles. The summed E-state index contributed by atoms with van der Waals surface area (Å²) in [5.41, 5.74) is 0.871. The second-order valence-electron chi connectivity index (χ2n) is 6.16. The number of methoxy groups -OCH3 is 1. The minimum Gasteiger partial charge on any atom is -0.481 e. The molecule has 0 saturated heterocycles. The number of aromatic nitrogens is 1. The first-order chi connectivity index (χ1) is 10.7. The number of pyridine rings is 1. The summed E-state index contributed by atoms with van der Waals surface area (Å²) < 4.78 is 5.08. The fourth-order valence-electron chi connectivity index (χ4n) is 3.76. The lowest BCUT2D eigenvalue weighted by molar-refractivity contribution is 0.306. The van der Waals surface area contributed by atoms with Gasteiger partial charge in [-0.2, -0.15) is 0 Å². The molecular formula is C16H23N3O2S. The van der Waals surface area contributed by atoms with E-state index in [1.807, 2.05) is 11.0 Å². The number of hydrogen-bond donors (Lipinski definition) is 2. The highest BCUT2D eigenvalue weighted by molar-refractivity contribution is 7.80. The number of nitrogens with one attached hydrogen (secondary N) is 1. The zero-order valence-corrected chi connectivity index (χ0v) is 13.7. The van der Waals surface area contributed by atoms with Gasteiger partial charge in [-0.05, 0) is 49.4 Å². The zero-order valence-electron chi connectivity index (χ0n) is 12.9. The van der Waals surface area contributed by atoms with Crippen molar-refractivity contribution in [2.24, 2.45) is 11.8 Å². The number of aliphatic hydroxyl groups is 1. The first-order valence-corrected chi connectivity index (χ1v) is 8.31. The summed E-state index contributed by atoms with van der Waals surface area (Å²) in [6.45, 7) is 0.505. The van der Waals surface area contributed by atoms with Crippen molar-refractivity contribution in [1.82, 2.24) is 10.3 Å². The predicted octanol–water partition coefficient (Wildman–Crippen LogP) is 1.95. The molecule has 0 amide bonds. The lowest BCUT2D eigenvalue weighted by Crippen LogP contribution is -2.47. The standard InChI is InChI=1S/C16H23N3O2S/c1-21-15-5-4-13(10-17-15)19(6-7-20)16(22)18-14-9-11-2-3-12(14)8-11/h4-5,10-12,14,20H,2-3,6-9H2,1H3,(H,18,22). The van der Waals surface area contributed by atoms with E-state index in [1.54, 1.807) is 19.4 Å². The number of rotatable bonds is 5. The second-order valence-corrected chi connectivity index (χ2v) is 6.55. The van der Waals surface area contributed by atoms with Gasteiger partial charge in [0, 0.05) is 18.7 Å². The van der Waals surface area contributed by atoms with E-state index in [9.17, 15) is 5.11 Å². The molecule has 1 heterocycles. The Hall–Kier alpha value is -1.40. The van der Waals surface area contributed by atoms with Gasteiger partial charge < -0.3 is 20.1 Å². The molecule has 2 aliphatic carbocycles. The third kappa shape index (κ3) is 3.17. The number of aliphatic hydroxyl groups excluding tert-OH is 1. The second kappa shape index (κ2) is 6.79. The maximum atomic E-state index is 9.34. The van der Waals surface area contributed by atoms with Crippen molar-refractivity contribution in [1.29, 1.82) is 0 Å². The van der Waals surface area contributed by atoms with E-state index in [0.29, 0.717) is 23.6 Å². The molecule has 0 spiro atoms. The maximum absolute atomic E-state index is 9.34. The van der Waals surface area contributed by atoms with Crippen LogP contribution in [0.2, 0.25) is 0 Å². The molecule has 2 saturated carbocycles. The molecule has 3 unspecified atom stereocenters. The summed E-state index contributed by atoms with van der Waals surface area (Å²) in [6.07, 6.45) is 6.97. The van der Waals surface area contributed by atoms with Crippen molar-refractivity contribution in [3.05, 3.63) is 18.3 Å². The van der Waals surface area contributed by atoms with Crippen molar-refractivity contribution >= 4 is 23.0 Å². The zero-order chi connectivity index (χ0) is 15.5. The van der Waals surface area contributed by atoms with Crippen LogP contribution in [0.15, 0.2) is 18.3 Å². The van der Waals surface area contributed by atoms with Crippen molar-refractivity contribution < 1.29 is 9.84 Å². The third-order valence-electron chi connectivity index (χ3n) is 4.86. The van der Waals surface area contributed by atoms with E-state index >= 15 is 0 Å². The molecule has 2 aliphatic rings. The molecule has 2 fully saturated rings. The van der Waals surface area contributed by atoms with Gasteiger partial charge >= 0.3 is 0 Å². The topological polar surface area (TPSA) is 57.6 Å². The number of nitrogens with zero attached hydrogens (tertiary/aromatic N) is 2. The van der Waals surface area contributed by atoms with Crippen LogP contribution < -0.4 is 15.0 Å². The Morgan fingerprint density at radius 3 is 2.86 bits per heavy atom. The van der Waals surface area contributed by atoms with Gasteiger partial charge in [-0.15, -0.1) is 0 Å². The number of ether oxygens (including phenoxy) is 1. The molecule has 6 heteroatoms. The first-order valence-electron chi connectivity index (χ1n) is 7.90. The first kappa shape index (κ1) is 15.5. The molecule has 120 valence electrons. The molecule has 0 aromatic carbocycles. The SMILES string of the molecule is COc1ccc(N(CCO)C(=S)NC2CC3CCC2C3)cn1. The van der Waals surface area contributed by atoms with Crippen molar-refractivity contribution in [3.63, 3.8) is 0 Å². The van der Waals surface area contributed by atoms with Gasteiger partial charge in [-0.1, -0.05) is 6.42 Å². The Morgan fingerprint density at radius 1 is 1.45 bits per heavy atom. The van der Waals surface area contributed by atoms with E-state index in [4.69, 9.17) is 17.0 Å². The maximum Gasteiger partial charge on any atom is 0.213 e. The lowest BCUT2D eigenvalue weighted by atomic mass is 9.95. The smallest absolute Gasteiger partial charge is 0.213 e. The number of hydrogen-bond acceptors (Lipinski definition) is 4. The largest absolute Gasteiger partial charge is 0.481 e. The molecule has 3 rings (SSSR count). The summed E-state index contributed by atoms with van der Waals surface area (Å²) in [5, 5.41) is 13.5. The Balaban J connectivity index is 1.68.